The molecule has 8 nitrogen and oxygen atoms in total. The second-order valence-corrected chi connectivity index (χ2v) is 4.43. The Kier molecular flexibility index (Phi) is 2.59. The van der Waals surface area contributed by atoms with Gasteiger partial charge in [0.15, 0.2) is 11.5 Å². The third kappa shape index (κ3) is 1.89. The summed E-state index contributed by atoms with van der Waals surface area (Å²) in [7, 11) is 1.73. The number of nitrogens with zero attached hydrogens (tertiary/aromatic N) is 5. The van der Waals surface area contributed by atoms with E-state index < -0.39 is 6.03 Å². The first-order valence-electron chi connectivity index (χ1n) is 5.48. The van der Waals surface area contributed by atoms with Crippen molar-refractivity contribution >= 4 is 34.6 Å². The fourth-order valence-electron chi connectivity index (χ4n) is 1.86. The number of amides is 3. The van der Waals surface area contributed by atoms with Crippen LogP contribution in [-0.2, 0) is 18.4 Å². The SMILES string of the molecule is Cn1ncc2c(Cl)nc(CN3C(=O)CNC3=O)nc21. The molecule has 1 N–H and O–H groups in total. The van der Waals surface area contributed by atoms with Crippen LogP contribution in [0.5, 0.6) is 0 Å². The zero-order valence-electron chi connectivity index (χ0n) is 9.92. The summed E-state index contributed by atoms with van der Waals surface area (Å²) < 4.78 is 1.55. The number of rotatable bonds is 2. The van der Waals surface area contributed by atoms with Gasteiger partial charge in [-0.25, -0.2) is 14.8 Å². The van der Waals surface area contributed by atoms with Crippen molar-refractivity contribution in [3.63, 3.8) is 0 Å². The van der Waals surface area contributed by atoms with Gasteiger partial charge in [-0.2, -0.15) is 5.10 Å². The van der Waals surface area contributed by atoms with Crippen molar-refractivity contribution in [3.05, 3.63) is 17.2 Å². The maximum atomic E-state index is 11.5. The highest BCUT2D eigenvalue weighted by Gasteiger charge is 2.29. The van der Waals surface area contributed by atoms with E-state index in [1.165, 1.54) is 0 Å². The van der Waals surface area contributed by atoms with Gasteiger partial charge in [0.2, 0.25) is 5.91 Å². The number of hydrogen-bond donors (Lipinski definition) is 1. The Morgan fingerprint density at radius 3 is 2.89 bits per heavy atom. The van der Waals surface area contributed by atoms with Gasteiger partial charge >= 0.3 is 6.03 Å². The largest absolute Gasteiger partial charge is 0.329 e. The van der Waals surface area contributed by atoms with Crippen LogP contribution in [0.1, 0.15) is 5.82 Å². The molecule has 2 aromatic rings. The summed E-state index contributed by atoms with van der Waals surface area (Å²) in [4.78, 5) is 32.3. The average Bonchev–Trinajstić information content (AvgIpc) is 2.88. The van der Waals surface area contributed by atoms with Gasteiger partial charge in [0.05, 0.1) is 24.7 Å². The van der Waals surface area contributed by atoms with Crippen molar-refractivity contribution in [1.29, 1.82) is 0 Å². The first-order chi connectivity index (χ1) is 9.06. The van der Waals surface area contributed by atoms with E-state index in [4.69, 9.17) is 11.6 Å². The van der Waals surface area contributed by atoms with Gasteiger partial charge in [-0.3, -0.25) is 14.4 Å². The number of nitrogens with one attached hydrogen (secondary N) is 1. The molecule has 0 bridgehead atoms. The van der Waals surface area contributed by atoms with Gasteiger partial charge in [-0.1, -0.05) is 11.6 Å². The third-order valence-electron chi connectivity index (χ3n) is 2.83. The minimum Gasteiger partial charge on any atom is -0.329 e. The summed E-state index contributed by atoms with van der Waals surface area (Å²) in [6.45, 7) is -0.00791. The number of hydrogen-bond acceptors (Lipinski definition) is 5. The van der Waals surface area contributed by atoms with Crippen LogP contribution >= 0.6 is 11.6 Å². The lowest BCUT2D eigenvalue weighted by Crippen LogP contribution is -2.31. The predicted molar refractivity (Wildman–Crippen MR) is 65.3 cm³/mol. The van der Waals surface area contributed by atoms with Gasteiger partial charge in [0.1, 0.15) is 5.15 Å². The fraction of sp³-hybridized carbons (Fsp3) is 0.300. The second kappa shape index (κ2) is 4.16. The van der Waals surface area contributed by atoms with E-state index in [1.807, 2.05) is 0 Å². The Bertz CT molecular complexity index is 681. The van der Waals surface area contributed by atoms with Gasteiger partial charge in [0, 0.05) is 7.05 Å². The molecule has 0 saturated carbocycles. The van der Waals surface area contributed by atoms with E-state index in [-0.39, 0.29) is 24.1 Å². The standard InChI is InChI=1S/C10H9ClN6O2/c1-16-9-5(2-13-16)8(11)14-6(15-9)4-17-7(18)3-12-10(17)19/h2H,3-4H2,1H3,(H,12,19). The van der Waals surface area contributed by atoms with Crippen LogP contribution in [0.15, 0.2) is 6.20 Å². The Morgan fingerprint density at radius 1 is 1.42 bits per heavy atom. The summed E-state index contributed by atoms with van der Waals surface area (Å²) in [5.41, 5.74) is 0.557. The molecule has 1 saturated heterocycles. The lowest BCUT2D eigenvalue weighted by molar-refractivity contribution is -0.125. The van der Waals surface area contributed by atoms with Crippen LogP contribution in [-0.4, -0.2) is 43.1 Å². The van der Waals surface area contributed by atoms with E-state index in [2.05, 4.69) is 20.4 Å². The van der Waals surface area contributed by atoms with Crippen molar-refractivity contribution < 1.29 is 9.59 Å². The quantitative estimate of drug-likeness (QED) is 0.621. The topological polar surface area (TPSA) is 93.0 Å². The Hall–Kier alpha value is -2.22. The fourth-order valence-corrected chi connectivity index (χ4v) is 2.09. The summed E-state index contributed by atoms with van der Waals surface area (Å²) >= 11 is 6.03. The minimum atomic E-state index is -0.449. The van der Waals surface area contributed by atoms with Crippen LogP contribution < -0.4 is 5.32 Å². The van der Waals surface area contributed by atoms with E-state index in [0.29, 0.717) is 16.9 Å². The molecule has 0 unspecified atom stereocenters. The van der Waals surface area contributed by atoms with Crippen LogP contribution in [0.25, 0.3) is 11.0 Å². The third-order valence-corrected chi connectivity index (χ3v) is 3.12. The van der Waals surface area contributed by atoms with Crippen molar-refractivity contribution in [2.24, 2.45) is 7.05 Å². The molecule has 1 aliphatic rings. The number of halogens is 1. The van der Waals surface area contributed by atoms with E-state index in [1.54, 1.807) is 17.9 Å². The molecule has 2 aromatic heterocycles. The van der Waals surface area contributed by atoms with Crippen molar-refractivity contribution in [2.45, 2.75) is 6.54 Å². The highest BCUT2D eigenvalue weighted by molar-refractivity contribution is 6.33. The van der Waals surface area contributed by atoms with E-state index in [0.717, 1.165) is 4.90 Å². The Labute approximate surface area is 112 Å². The van der Waals surface area contributed by atoms with E-state index in [9.17, 15) is 9.59 Å². The number of urea groups is 1. The maximum Gasteiger partial charge on any atom is 0.325 e. The zero-order chi connectivity index (χ0) is 13.6. The van der Waals surface area contributed by atoms with Gasteiger partial charge in [0.25, 0.3) is 0 Å². The molecule has 3 heterocycles. The molecule has 3 amide bonds. The number of carbonyl (C=O) groups excluding carboxylic acids is 2. The monoisotopic (exact) mass is 280 g/mol. The van der Waals surface area contributed by atoms with Crippen LogP contribution in [0.4, 0.5) is 4.79 Å². The minimum absolute atomic E-state index is 0.000516. The number of carbonyl (C=O) groups is 2. The molecule has 3 rings (SSSR count). The Balaban J connectivity index is 1.99. The molecule has 9 heteroatoms. The maximum absolute atomic E-state index is 11.5. The molecule has 0 aromatic carbocycles. The molecule has 19 heavy (non-hydrogen) atoms. The number of imide groups is 1. The first kappa shape index (κ1) is 11.8. The predicted octanol–water partition coefficient (Wildman–Crippen LogP) is 0.0685. The lowest BCUT2D eigenvalue weighted by atomic mass is 10.4. The molecule has 0 spiro atoms. The Morgan fingerprint density at radius 2 is 2.21 bits per heavy atom. The average molecular weight is 281 g/mol. The summed E-state index contributed by atoms with van der Waals surface area (Å²) in [6, 6.07) is -0.449. The molecular weight excluding hydrogens is 272 g/mol. The van der Waals surface area contributed by atoms with Gasteiger partial charge in [-0.15, -0.1) is 0 Å². The van der Waals surface area contributed by atoms with Crippen molar-refractivity contribution in [2.75, 3.05) is 6.54 Å². The van der Waals surface area contributed by atoms with E-state index >= 15 is 0 Å². The number of fused-ring (bicyclic) bond motifs is 1. The van der Waals surface area contributed by atoms with Crippen molar-refractivity contribution in [3.8, 4) is 0 Å². The normalized spacial score (nSPS) is 15.4. The van der Waals surface area contributed by atoms with Crippen molar-refractivity contribution in [1.82, 2.24) is 30.0 Å². The van der Waals surface area contributed by atoms with Crippen LogP contribution in [0, 0.1) is 0 Å². The smallest absolute Gasteiger partial charge is 0.325 e. The summed E-state index contributed by atoms with van der Waals surface area (Å²) in [5.74, 6) is -0.0127. The van der Waals surface area contributed by atoms with Gasteiger partial charge in [-0.05, 0) is 0 Å². The molecular formula is C10H9ClN6O2. The molecule has 0 aliphatic carbocycles. The molecule has 1 aliphatic heterocycles. The number of aryl methyl sites for hydroxylation is 1. The summed E-state index contributed by atoms with van der Waals surface area (Å²) in [6.07, 6.45) is 1.56. The lowest BCUT2D eigenvalue weighted by Gasteiger charge is -2.11. The van der Waals surface area contributed by atoms with Gasteiger partial charge < -0.3 is 5.32 Å². The molecule has 0 atom stereocenters. The highest BCUT2D eigenvalue weighted by atomic mass is 35.5. The van der Waals surface area contributed by atoms with Crippen LogP contribution in [0.2, 0.25) is 5.15 Å². The molecule has 0 radical (unpaired) electrons. The first-order valence-corrected chi connectivity index (χ1v) is 5.86. The molecule has 98 valence electrons. The highest BCUT2D eigenvalue weighted by Crippen LogP contribution is 2.20. The zero-order valence-corrected chi connectivity index (χ0v) is 10.7. The van der Waals surface area contributed by atoms with Crippen LogP contribution in [0.3, 0.4) is 0 Å². The molecule has 1 fully saturated rings. The number of aromatic nitrogens is 4. The second-order valence-electron chi connectivity index (χ2n) is 4.07. The summed E-state index contributed by atoms with van der Waals surface area (Å²) in [5, 5.41) is 7.34.